The van der Waals surface area contributed by atoms with E-state index in [1.807, 2.05) is 50.0 Å². The largest absolute Gasteiger partial charge is 0.345 e. The lowest BCUT2D eigenvalue weighted by atomic mass is 10.2. The van der Waals surface area contributed by atoms with E-state index in [-0.39, 0.29) is 11.9 Å². The fraction of sp³-hybridized carbons (Fsp3) is 0.429. The number of hydrogen-bond acceptors (Lipinski definition) is 3. The van der Waals surface area contributed by atoms with Gasteiger partial charge in [0.15, 0.2) is 0 Å². The van der Waals surface area contributed by atoms with Crippen molar-refractivity contribution in [3.05, 3.63) is 40.1 Å². The fourth-order valence-corrected chi connectivity index (χ4v) is 2.98. The van der Waals surface area contributed by atoms with Gasteiger partial charge in [-0.15, -0.1) is 11.3 Å². The maximum Gasteiger partial charge on any atom is 0.242 e. The molecule has 1 amide bonds. The molecule has 4 nitrogen and oxygen atoms in total. The number of carbonyl (C=O) groups excluding carboxylic acids is 1. The molecule has 0 aliphatic carbocycles. The molecular weight excluding hydrogens is 258 g/mol. The smallest absolute Gasteiger partial charge is 0.242 e. The van der Waals surface area contributed by atoms with Gasteiger partial charge in [0, 0.05) is 24.3 Å². The standard InChI is InChI=1S/C14H19N3OS/c1-10(14-11(2)19-12(3)15-14)16(4)13(18)9-17-7-5-6-8-17/h5-8,10H,9H2,1-4H3. The first-order chi connectivity index (χ1) is 8.99. The molecule has 0 radical (unpaired) electrons. The van der Waals surface area contributed by atoms with Crippen LogP contribution in [-0.4, -0.2) is 27.4 Å². The van der Waals surface area contributed by atoms with Crippen LogP contribution >= 0.6 is 11.3 Å². The molecule has 1 unspecified atom stereocenters. The van der Waals surface area contributed by atoms with E-state index in [4.69, 9.17) is 0 Å². The number of likely N-dealkylation sites (N-methyl/N-ethyl adjacent to an activating group) is 1. The maximum atomic E-state index is 12.2. The van der Waals surface area contributed by atoms with Crippen LogP contribution < -0.4 is 0 Å². The Labute approximate surface area is 117 Å². The van der Waals surface area contributed by atoms with Crippen molar-refractivity contribution in [1.82, 2.24) is 14.5 Å². The van der Waals surface area contributed by atoms with E-state index in [1.54, 1.807) is 16.2 Å². The molecule has 2 aromatic heterocycles. The number of amides is 1. The number of hydrogen-bond donors (Lipinski definition) is 0. The van der Waals surface area contributed by atoms with Crippen molar-refractivity contribution < 1.29 is 4.79 Å². The Hall–Kier alpha value is -1.62. The Bertz CT molecular complexity index is 559. The highest BCUT2D eigenvalue weighted by atomic mass is 32.1. The molecule has 0 aliphatic heterocycles. The van der Waals surface area contributed by atoms with Crippen LogP contribution in [0.25, 0.3) is 0 Å². The summed E-state index contributed by atoms with van der Waals surface area (Å²) < 4.78 is 1.88. The second-order valence-corrected chi connectivity index (χ2v) is 6.12. The molecule has 1 atom stereocenters. The summed E-state index contributed by atoms with van der Waals surface area (Å²) in [5, 5.41) is 1.05. The Morgan fingerprint density at radius 3 is 2.58 bits per heavy atom. The summed E-state index contributed by atoms with van der Waals surface area (Å²) in [6, 6.07) is 3.85. The quantitative estimate of drug-likeness (QED) is 0.862. The third-order valence-corrected chi connectivity index (χ3v) is 4.20. The summed E-state index contributed by atoms with van der Waals surface area (Å²) in [6.07, 6.45) is 3.79. The molecule has 0 aromatic carbocycles. The molecule has 5 heteroatoms. The van der Waals surface area contributed by atoms with E-state index in [0.717, 1.165) is 10.7 Å². The van der Waals surface area contributed by atoms with Gasteiger partial charge >= 0.3 is 0 Å². The zero-order valence-electron chi connectivity index (χ0n) is 11.8. The lowest BCUT2D eigenvalue weighted by molar-refractivity contribution is -0.132. The van der Waals surface area contributed by atoms with E-state index in [9.17, 15) is 4.79 Å². The van der Waals surface area contributed by atoms with E-state index in [2.05, 4.69) is 11.9 Å². The first-order valence-corrected chi connectivity index (χ1v) is 7.11. The zero-order valence-corrected chi connectivity index (χ0v) is 12.6. The van der Waals surface area contributed by atoms with E-state index in [1.165, 1.54) is 4.88 Å². The van der Waals surface area contributed by atoms with Crippen LogP contribution in [0.3, 0.4) is 0 Å². The van der Waals surface area contributed by atoms with Crippen LogP contribution in [-0.2, 0) is 11.3 Å². The van der Waals surface area contributed by atoms with Crippen molar-refractivity contribution in [3.63, 3.8) is 0 Å². The van der Waals surface area contributed by atoms with Crippen molar-refractivity contribution in [2.45, 2.75) is 33.4 Å². The Morgan fingerprint density at radius 2 is 2.05 bits per heavy atom. The van der Waals surface area contributed by atoms with Crippen LogP contribution in [0.5, 0.6) is 0 Å². The lowest BCUT2D eigenvalue weighted by Crippen LogP contribution is -2.32. The number of aromatic nitrogens is 2. The molecule has 0 aliphatic rings. The van der Waals surface area contributed by atoms with Crippen LogP contribution in [0.1, 0.15) is 28.5 Å². The Morgan fingerprint density at radius 1 is 1.42 bits per heavy atom. The van der Waals surface area contributed by atoms with Crippen molar-refractivity contribution in [1.29, 1.82) is 0 Å². The second-order valence-electron chi connectivity index (χ2n) is 4.71. The molecule has 0 saturated heterocycles. The van der Waals surface area contributed by atoms with Gasteiger partial charge in [0.1, 0.15) is 6.54 Å². The lowest BCUT2D eigenvalue weighted by Gasteiger charge is -2.24. The number of carbonyl (C=O) groups is 1. The number of thiazole rings is 1. The molecule has 0 bridgehead atoms. The molecular formula is C14H19N3OS. The third-order valence-electron chi connectivity index (χ3n) is 3.29. The van der Waals surface area contributed by atoms with Crippen LogP contribution in [0, 0.1) is 13.8 Å². The normalized spacial score (nSPS) is 12.4. The molecule has 19 heavy (non-hydrogen) atoms. The molecule has 0 spiro atoms. The molecule has 2 aromatic rings. The van der Waals surface area contributed by atoms with Crippen molar-refractivity contribution in [2.75, 3.05) is 7.05 Å². The summed E-state index contributed by atoms with van der Waals surface area (Å²) >= 11 is 1.68. The number of nitrogens with zero attached hydrogens (tertiary/aromatic N) is 3. The molecule has 2 rings (SSSR count). The minimum atomic E-state index is 0.00742. The third kappa shape index (κ3) is 3.04. The van der Waals surface area contributed by atoms with Gasteiger partial charge in [0.25, 0.3) is 0 Å². The maximum absolute atomic E-state index is 12.2. The molecule has 102 valence electrons. The monoisotopic (exact) mass is 277 g/mol. The average molecular weight is 277 g/mol. The minimum Gasteiger partial charge on any atom is -0.345 e. The minimum absolute atomic E-state index is 0.00742. The SMILES string of the molecule is Cc1nc(C(C)N(C)C(=O)Cn2cccc2)c(C)s1. The van der Waals surface area contributed by atoms with Crippen LogP contribution in [0.15, 0.2) is 24.5 Å². The van der Waals surface area contributed by atoms with Gasteiger partial charge in [-0.2, -0.15) is 0 Å². The second kappa shape index (κ2) is 5.57. The Balaban J connectivity index is 2.08. The topological polar surface area (TPSA) is 38.1 Å². The summed E-state index contributed by atoms with van der Waals surface area (Å²) in [5.41, 5.74) is 1.01. The van der Waals surface area contributed by atoms with Gasteiger partial charge in [-0.25, -0.2) is 4.98 Å². The van der Waals surface area contributed by atoms with Crippen LogP contribution in [0.2, 0.25) is 0 Å². The summed E-state index contributed by atoms with van der Waals surface area (Å²) in [5.74, 6) is 0.0914. The summed E-state index contributed by atoms with van der Waals surface area (Å²) in [7, 11) is 1.84. The highest BCUT2D eigenvalue weighted by molar-refractivity contribution is 7.11. The van der Waals surface area contributed by atoms with Gasteiger partial charge in [0.05, 0.1) is 16.7 Å². The predicted octanol–water partition coefficient (Wildman–Crippen LogP) is 2.78. The average Bonchev–Trinajstić information content (AvgIpc) is 2.97. The van der Waals surface area contributed by atoms with E-state index >= 15 is 0 Å². The van der Waals surface area contributed by atoms with Gasteiger partial charge in [-0.3, -0.25) is 4.79 Å². The molecule has 0 N–H and O–H groups in total. The highest BCUT2D eigenvalue weighted by Crippen LogP contribution is 2.26. The van der Waals surface area contributed by atoms with Gasteiger partial charge < -0.3 is 9.47 Å². The first kappa shape index (κ1) is 13.8. The molecule has 2 heterocycles. The van der Waals surface area contributed by atoms with E-state index < -0.39 is 0 Å². The van der Waals surface area contributed by atoms with Crippen molar-refractivity contribution >= 4 is 17.2 Å². The molecule has 0 saturated carbocycles. The Kier molecular flexibility index (Phi) is 4.04. The fourth-order valence-electron chi connectivity index (χ4n) is 2.08. The first-order valence-electron chi connectivity index (χ1n) is 6.29. The van der Waals surface area contributed by atoms with Crippen LogP contribution in [0.4, 0.5) is 0 Å². The van der Waals surface area contributed by atoms with Crippen molar-refractivity contribution in [3.8, 4) is 0 Å². The van der Waals surface area contributed by atoms with Crippen molar-refractivity contribution in [2.24, 2.45) is 0 Å². The summed E-state index contributed by atoms with van der Waals surface area (Å²) in [4.78, 5) is 19.7. The highest BCUT2D eigenvalue weighted by Gasteiger charge is 2.21. The van der Waals surface area contributed by atoms with Gasteiger partial charge in [0.2, 0.25) is 5.91 Å². The summed E-state index contributed by atoms with van der Waals surface area (Å²) in [6.45, 7) is 6.45. The van der Waals surface area contributed by atoms with Gasteiger partial charge in [-0.05, 0) is 32.9 Å². The molecule has 0 fully saturated rings. The predicted molar refractivity (Wildman–Crippen MR) is 77.2 cm³/mol. The zero-order chi connectivity index (χ0) is 14.0. The number of rotatable bonds is 4. The van der Waals surface area contributed by atoms with Gasteiger partial charge in [-0.1, -0.05) is 0 Å². The number of aryl methyl sites for hydroxylation is 2. The van der Waals surface area contributed by atoms with E-state index in [0.29, 0.717) is 6.54 Å².